The number of carbonyl (C=O) groups is 1. The number of hydrogen-bond donors (Lipinski definition) is 1. The first-order chi connectivity index (χ1) is 13.2. The Bertz CT molecular complexity index is 997. The lowest BCUT2D eigenvalue weighted by Crippen LogP contribution is -2.31. The number of carbonyl (C=O) groups excluding carboxylic acids is 1. The van der Waals surface area contributed by atoms with Crippen molar-refractivity contribution in [1.29, 1.82) is 0 Å². The highest BCUT2D eigenvalue weighted by atomic mass is 32.2. The molecular formula is C18H18F2N2O5S. The number of ether oxygens (including phenoxy) is 2. The molecule has 0 radical (unpaired) electrons. The fourth-order valence-electron chi connectivity index (χ4n) is 2.71. The van der Waals surface area contributed by atoms with Gasteiger partial charge in [0.1, 0.15) is 0 Å². The number of nitrogens with zero attached hydrogens (tertiary/aromatic N) is 1. The second kappa shape index (κ2) is 8.01. The average molecular weight is 412 g/mol. The van der Waals surface area contributed by atoms with Crippen molar-refractivity contribution in [2.45, 2.75) is 12.8 Å². The van der Waals surface area contributed by atoms with E-state index < -0.39 is 27.6 Å². The van der Waals surface area contributed by atoms with Crippen LogP contribution in [0.5, 0.6) is 11.5 Å². The van der Waals surface area contributed by atoms with E-state index in [2.05, 4.69) is 5.32 Å². The summed E-state index contributed by atoms with van der Waals surface area (Å²) in [6.45, 7) is 0.130. The third-order valence-electron chi connectivity index (χ3n) is 4.01. The number of nitrogens with one attached hydrogen (secondary N) is 1. The lowest BCUT2D eigenvalue weighted by Gasteiger charge is -2.22. The Morgan fingerprint density at radius 1 is 1.11 bits per heavy atom. The zero-order chi connectivity index (χ0) is 20.3. The number of benzene rings is 2. The van der Waals surface area contributed by atoms with Crippen molar-refractivity contribution in [2.24, 2.45) is 0 Å². The molecule has 10 heteroatoms. The molecule has 28 heavy (non-hydrogen) atoms. The topological polar surface area (TPSA) is 84.9 Å². The van der Waals surface area contributed by atoms with Crippen LogP contribution < -0.4 is 19.1 Å². The predicted molar refractivity (Wildman–Crippen MR) is 99.0 cm³/mol. The largest absolute Gasteiger partial charge is 0.454 e. The van der Waals surface area contributed by atoms with Crippen molar-refractivity contribution >= 4 is 27.3 Å². The fraction of sp³-hybridized carbons (Fsp3) is 0.278. The minimum atomic E-state index is -3.59. The van der Waals surface area contributed by atoms with Gasteiger partial charge in [0.15, 0.2) is 23.1 Å². The number of anilines is 2. The van der Waals surface area contributed by atoms with Crippen molar-refractivity contribution in [1.82, 2.24) is 0 Å². The number of rotatable bonds is 7. The van der Waals surface area contributed by atoms with Crippen LogP contribution in [0.25, 0.3) is 0 Å². The van der Waals surface area contributed by atoms with E-state index in [0.717, 1.165) is 18.4 Å². The molecule has 0 saturated carbocycles. The van der Waals surface area contributed by atoms with E-state index in [1.807, 2.05) is 0 Å². The SMILES string of the molecule is CS(=O)(=O)N(CCCC(=O)Nc1ccc(F)c(F)c1)c1ccc2c(c1)OCO2. The van der Waals surface area contributed by atoms with Gasteiger partial charge in [0.05, 0.1) is 11.9 Å². The predicted octanol–water partition coefficient (Wildman–Crippen LogP) is 2.88. The monoisotopic (exact) mass is 412 g/mol. The van der Waals surface area contributed by atoms with E-state index in [4.69, 9.17) is 9.47 Å². The first kappa shape index (κ1) is 19.9. The molecule has 0 unspecified atom stereocenters. The van der Waals surface area contributed by atoms with E-state index >= 15 is 0 Å². The molecular weight excluding hydrogens is 394 g/mol. The molecule has 0 saturated heterocycles. The van der Waals surface area contributed by atoms with Gasteiger partial charge in [-0.2, -0.15) is 0 Å². The standard InChI is InChI=1S/C18H18F2N2O5S/c1-28(24,25)22(13-5-7-16-17(10-13)27-11-26-16)8-2-3-18(23)21-12-4-6-14(19)15(20)9-12/h4-7,9-10H,2-3,8,11H2,1H3,(H,21,23). The second-order valence-electron chi connectivity index (χ2n) is 6.15. The number of hydrogen-bond acceptors (Lipinski definition) is 5. The Balaban J connectivity index is 1.61. The molecule has 0 aliphatic carbocycles. The Kier molecular flexibility index (Phi) is 5.68. The third-order valence-corrected chi connectivity index (χ3v) is 5.21. The summed E-state index contributed by atoms with van der Waals surface area (Å²) in [5.41, 5.74) is 0.521. The first-order valence-corrected chi connectivity index (χ1v) is 10.2. The van der Waals surface area contributed by atoms with Gasteiger partial charge < -0.3 is 14.8 Å². The second-order valence-corrected chi connectivity index (χ2v) is 8.06. The van der Waals surface area contributed by atoms with Crippen LogP contribution in [0.2, 0.25) is 0 Å². The maximum atomic E-state index is 13.2. The van der Waals surface area contributed by atoms with Crippen molar-refractivity contribution in [3.05, 3.63) is 48.0 Å². The Labute approximate surface area is 160 Å². The number of halogens is 2. The summed E-state index contributed by atoms with van der Waals surface area (Å²) in [6, 6.07) is 7.80. The third kappa shape index (κ3) is 4.69. The van der Waals surface area contributed by atoms with Crippen LogP contribution in [0.3, 0.4) is 0 Å². The summed E-state index contributed by atoms with van der Waals surface area (Å²) in [5, 5.41) is 2.45. The lowest BCUT2D eigenvalue weighted by molar-refractivity contribution is -0.116. The van der Waals surface area contributed by atoms with Crippen molar-refractivity contribution < 1.29 is 31.5 Å². The van der Waals surface area contributed by atoms with Gasteiger partial charge in [0.2, 0.25) is 22.7 Å². The summed E-state index contributed by atoms with van der Waals surface area (Å²) >= 11 is 0. The van der Waals surface area contributed by atoms with Crippen LogP contribution in [-0.4, -0.2) is 33.9 Å². The van der Waals surface area contributed by atoms with E-state index in [9.17, 15) is 22.0 Å². The summed E-state index contributed by atoms with van der Waals surface area (Å²) < 4.78 is 62.0. The molecule has 2 aromatic rings. The van der Waals surface area contributed by atoms with Gasteiger partial charge in [-0.25, -0.2) is 17.2 Å². The maximum Gasteiger partial charge on any atom is 0.232 e. The van der Waals surface area contributed by atoms with Crippen LogP contribution in [0.1, 0.15) is 12.8 Å². The average Bonchev–Trinajstić information content (AvgIpc) is 3.08. The van der Waals surface area contributed by atoms with Crippen LogP contribution in [0.4, 0.5) is 20.2 Å². The van der Waals surface area contributed by atoms with Crippen molar-refractivity contribution in [3.63, 3.8) is 0 Å². The molecule has 3 rings (SSSR count). The van der Waals surface area contributed by atoms with E-state index in [0.29, 0.717) is 17.2 Å². The highest BCUT2D eigenvalue weighted by Crippen LogP contribution is 2.36. The first-order valence-electron chi connectivity index (χ1n) is 8.36. The fourth-order valence-corrected chi connectivity index (χ4v) is 3.66. The lowest BCUT2D eigenvalue weighted by atomic mass is 10.2. The van der Waals surface area contributed by atoms with Gasteiger partial charge in [-0.1, -0.05) is 0 Å². The molecule has 7 nitrogen and oxygen atoms in total. The maximum absolute atomic E-state index is 13.2. The molecule has 1 heterocycles. The van der Waals surface area contributed by atoms with Gasteiger partial charge >= 0.3 is 0 Å². The number of fused-ring (bicyclic) bond motifs is 1. The zero-order valence-corrected chi connectivity index (χ0v) is 15.8. The number of amides is 1. The molecule has 1 aliphatic heterocycles. The van der Waals surface area contributed by atoms with Crippen LogP contribution in [0, 0.1) is 11.6 Å². The summed E-state index contributed by atoms with van der Waals surface area (Å²) in [6.07, 6.45) is 1.28. The van der Waals surface area contributed by atoms with E-state index in [1.165, 1.54) is 10.4 Å². The minimum Gasteiger partial charge on any atom is -0.454 e. The summed E-state index contributed by atoms with van der Waals surface area (Å²) in [5.74, 6) is -1.54. The van der Waals surface area contributed by atoms with Crippen LogP contribution in [0.15, 0.2) is 36.4 Å². The van der Waals surface area contributed by atoms with Gasteiger partial charge in [-0.3, -0.25) is 9.10 Å². The quantitative estimate of drug-likeness (QED) is 0.756. The van der Waals surface area contributed by atoms with Crippen molar-refractivity contribution in [3.8, 4) is 11.5 Å². The van der Waals surface area contributed by atoms with Gasteiger partial charge in [0, 0.05) is 30.8 Å². The Morgan fingerprint density at radius 2 is 1.86 bits per heavy atom. The highest BCUT2D eigenvalue weighted by Gasteiger charge is 2.21. The summed E-state index contributed by atoms with van der Waals surface area (Å²) in [4.78, 5) is 12.0. The molecule has 1 aliphatic rings. The van der Waals surface area contributed by atoms with E-state index in [1.54, 1.807) is 18.2 Å². The van der Waals surface area contributed by atoms with Crippen LogP contribution >= 0.6 is 0 Å². The normalized spacial score (nSPS) is 12.7. The smallest absolute Gasteiger partial charge is 0.232 e. The Hall–Kier alpha value is -2.88. The molecule has 0 spiro atoms. The number of sulfonamides is 1. The van der Waals surface area contributed by atoms with E-state index in [-0.39, 0.29) is 31.9 Å². The minimum absolute atomic E-state index is 0.00440. The molecule has 1 amide bonds. The molecule has 1 N–H and O–H groups in total. The molecule has 0 aromatic heterocycles. The van der Waals surface area contributed by atoms with Gasteiger partial charge in [-0.15, -0.1) is 0 Å². The highest BCUT2D eigenvalue weighted by molar-refractivity contribution is 7.92. The van der Waals surface area contributed by atoms with Crippen LogP contribution in [-0.2, 0) is 14.8 Å². The summed E-state index contributed by atoms with van der Waals surface area (Å²) in [7, 11) is -3.59. The molecule has 0 bridgehead atoms. The molecule has 2 aromatic carbocycles. The zero-order valence-electron chi connectivity index (χ0n) is 14.9. The Morgan fingerprint density at radius 3 is 2.57 bits per heavy atom. The molecule has 0 atom stereocenters. The van der Waals surface area contributed by atoms with Gasteiger partial charge in [-0.05, 0) is 30.7 Å². The van der Waals surface area contributed by atoms with Gasteiger partial charge in [0.25, 0.3) is 0 Å². The molecule has 0 fully saturated rings. The van der Waals surface area contributed by atoms with Crippen molar-refractivity contribution in [2.75, 3.05) is 29.2 Å². The molecule has 150 valence electrons.